The molecule has 0 saturated carbocycles. The van der Waals surface area contributed by atoms with E-state index in [0.717, 1.165) is 10.4 Å². The number of halogens is 3. The van der Waals surface area contributed by atoms with Crippen molar-refractivity contribution in [3.8, 4) is 17.2 Å². The van der Waals surface area contributed by atoms with E-state index in [1.807, 2.05) is 6.07 Å². The summed E-state index contributed by atoms with van der Waals surface area (Å²) in [6, 6.07) is 9.09. The smallest absolute Gasteiger partial charge is 0.392 e. The molecule has 1 aromatic carbocycles. The molecule has 3 aromatic rings. The van der Waals surface area contributed by atoms with Gasteiger partial charge < -0.3 is 10.4 Å². The van der Waals surface area contributed by atoms with Gasteiger partial charge in [-0.3, -0.25) is 4.68 Å². The number of fused-ring (bicyclic) bond motifs is 1. The highest BCUT2D eigenvalue weighted by molar-refractivity contribution is 7.12. The number of nitrogens with one attached hydrogen (secondary N) is 1. The van der Waals surface area contributed by atoms with Gasteiger partial charge in [0.25, 0.3) is 0 Å². The van der Waals surface area contributed by atoms with Crippen molar-refractivity contribution in [1.29, 1.82) is 5.26 Å². The first-order chi connectivity index (χ1) is 14.4. The molecule has 0 fully saturated rings. The van der Waals surface area contributed by atoms with E-state index in [0.29, 0.717) is 41.2 Å². The maximum Gasteiger partial charge on any atom is 0.435 e. The van der Waals surface area contributed by atoms with Crippen molar-refractivity contribution in [3.63, 3.8) is 0 Å². The van der Waals surface area contributed by atoms with E-state index in [9.17, 15) is 23.5 Å². The maximum absolute atomic E-state index is 13.8. The number of hydrogen-bond acceptors (Lipinski definition) is 5. The number of nitrogens with zero attached hydrogens (tertiary/aromatic N) is 3. The first kappa shape index (κ1) is 20.6. The second kappa shape index (κ2) is 7.87. The molecule has 30 heavy (non-hydrogen) atoms. The lowest BCUT2D eigenvalue weighted by molar-refractivity contribution is -0.141. The Labute approximate surface area is 175 Å². The Bertz CT molecular complexity index is 1130. The molecular weight excluding hydrogens is 413 g/mol. The van der Waals surface area contributed by atoms with Crippen LogP contribution in [0.2, 0.25) is 0 Å². The van der Waals surface area contributed by atoms with E-state index in [1.165, 1.54) is 22.2 Å². The second-order valence-electron chi connectivity index (χ2n) is 7.11. The Balaban J connectivity index is 1.93. The number of nitriles is 1. The van der Waals surface area contributed by atoms with Crippen molar-refractivity contribution >= 4 is 11.3 Å². The second-order valence-corrected chi connectivity index (χ2v) is 8.25. The van der Waals surface area contributed by atoms with Crippen molar-refractivity contribution in [2.24, 2.45) is 0 Å². The average molecular weight is 432 g/mol. The van der Waals surface area contributed by atoms with Gasteiger partial charge in [0, 0.05) is 42.2 Å². The Kier molecular flexibility index (Phi) is 5.40. The third-order valence-electron chi connectivity index (χ3n) is 5.28. The number of aryl methyl sites for hydroxylation is 1. The number of aliphatic hydroxyl groups is 1. The van der Waals surface area contributed by atoms with Gasteiger partial charge in [0.15, 0.2) is 5.69 Å². The summed E-state index contributed by atoms with van der Waals surface area (Å²) >= 11 is 1.40. The van der Waals surface area contributed by atoms with E-state index in [2.05, 4.69) is 16.5 Å². The number of benzene rings is 1. The monoisotopic (exact) mass is 432 g/mol. The van der Waals surface area contributed by atoms with Gasteiger partial charge in [-0.2, -0.15) is 23.5 Å². The molecule has 0 aliphatic carbocycles. The zero-order valence-electron chi connectivity index (χ0n) is 16.1. The first-order valence-electron chi connectivity index (χ1n) is 9.47. The molecule has 156 valence electrons. The van der Waals surface area contributed by atoms with Crippen LogP contribution in [0.25, 0.3) is 11.1 Å². The highest BCUT2D eigenvalue weighted by atomic mass is 32.1. The molecule has 2 aromatic heterocycles. The summed E-state index contributed by atoms with van der Waals surface area (Å²) in [5.41, 5.74) is 1.66. The number of hydrogen-bond donors (Lipinski definition) is 2. The van der Waals surface area contributed by atoms with Crippen LogP contribution in [0.1, 0.15) is 45.0 Å². The normalized spacial score (nSPS) is 16.3. The summed E-state index contributed by atoms with van der Waals surface area (Å²) in [5, 5.41) is 25.9. The summed E-state index contributed by atoms with van der Waals surface area (Å²) in [5.74, 6) is -0.207. The fourth-order valence-corrected chi connectivity index (χ4v) is 4.87. The molecule has 4 rings (SSSR count). The van der Waals surface area contributed by atoms with Crippen LogP contribution in [0.15, 0.2) is 30.5 Å². The summed E-state index contributed by atoms with van der Waals surface area (Å²) in [4.78, 5) is 1.59. The van der Waals surface area contributed by atoms with Crippen LogP contribution in [0.4, 0.5) is 13.2 Å². The van der Waals surface area contributed by atoms with Gasteiger partial charge in [-0.15, -0.1) is 11.3 Å². The van der Waals surface area contributed by atoms with Crippen molar-refractivity contribution in [1.82, 2.24) is 15.1 Å². The van der Waals surface area contributed by atoms with E-state index >= 15 is 0 Å². The fourth-order valence-electron chi connectivity index (χ4n) is 3.88. The number of aliphatic hydroxyl groups excluding tert-OH is 1. The molecule has 2 N–H and O–H groups in total. The Morgan fingerprint density at radius 1 is 1.30 bits per heavy atom. The minimum Gasteiger partial charge on any atom is -0.392 e. The zero-order valence-corrected chi connectivity index (χ0v) is 16.9. The van der Waals surface area contributed by atoms with Crippen LogP contribution in [0.3, 0.4) is 0 Å². The van der Waals surface area contributed by atoms with E-state index < -0.39 is 11.9 Å². The lowest BCUT2D eigenvalue weighted by atomic mass is 9.83. The van der Waals surface area contributed by atoms with Gasteiger partial charge in [-0.05, 0) is 41.3 Å². The van der Waals surface area contributed by atoms with Gasteiger partial charge in [0.2, 0.25) is 0 Å². The van der Waals surface area contributed by atoms with Crippen LogP contribution in [-0.2, 0) is 25.9 Å². The molecule has 0 spiro atoms. The Hall–Kier alpha value is -2.67. The summed E-state index contributed by atoms with van der Waals surface area (Å²) in [6.07, 6.45) is -3.19. The minimum absolute atomic E-state index is 0.00231. The van der Waals surface area contributed by atoms with Crippen LogP contribution < -0.4 is 5.32 Å². The molecule has 0 bridgehead atoms. The van der Waals surface area contributed by atoms with Crippen LogP contribution in [0.5, 0.6) is 0 Å². The highest BCUT2D eigenvalue weighted by Gasteiger charge is 2.38. The van der Waals surface area contributed by atoms with Crippen LogP contribution in [0, 0.1) is 11.3 Å². The number of thiophene rings is 1. The molecular formula is C21H19F3N4OS. The van der Waals surface area contributed by atoms with Crippen molar-refractivity contribution in [2.45, 2.75) is 38.7 Å². The number of aromatic nitrogens is 2. The van der Waals surface area contributed by atoms with Gasteiger partial charge >= 0.3 is 6.18 Å². The quantitative estimate of drug-likeness (QED) is 0.647. The molecule has 3 heterocycles. The van der Waals surface area contributed by atoms with Crippen LogP contribution >= 0.6 is 11.3 Å². The third kappa shape index (κ3) is 3.62. The van der Waals surface area contributed by atoms with Gasteiger partial charge in [0.05, 0.1) is 6.61 Å². The molecule has 0 radical (unpaired) electrons. The topological polar surface area (TPSA) is 73.9 Å². The summed E-state index contributed by atoms with van der Waals surface area (Å²) in [7, 11) is 0. The standard InChI is InChI=1S/C21H19F3N4OS/c1-2-28-10-18(20(27-28)21(22,23)24)15-5-12(11-29)3-4-14(15)17-8-26-9-19-16(17)6-13(7-25)30-19/h3-6,10,17,26,29H,2,8-9,11H2,1H3. The first-order valence-corrected chi connectivity index (χ1v) is 10.3. The minimum atomic E-state index is -4.60. The molecule has 0 amide bonds. The zero-order chi connectivity index (χ0) is 21.5. The Morgan fingerprint density at radius 2 is 2.10 bits per heavy atom. The third-order valence-corrected chi connectivity index (χ3v) is 6.34. The fraction of sp³-hybridized carbons (Fsp3) is 0.333. The summed E-state index contributed by atoms with van der Waals surface area (Å²) in [6.45, 7) is 2.94. The maximum atomic E-state index is 13.8. The SMILES string of the molecule is CCn1cc(-c2cc(CO)ccc2C2CNCc3sc(C#N)cc32)c(C(F)(F)F)n1. The van der Waals surface area contributed by atoms with Crippen molar-refractivity contribution < 1.29 is 18.3 Å². The molecule has 1 atom stereocenters. The van der Waals surface area contributed by atoms with E-state index in [1.54, 1.807) is 25.1 Å². The average Bonchev–Trinajstić information content (AvgIpc) is 3.37. The van der Waals surface area contributed by atoms with Gasteiger partial charge in [0.1, 0.15) is 10.9 Å². The molecule has 1 unspecified atom stereocenters. The van der Waals surface area contributed by atoms with E-state index in [-0.39, 0.29) is 18.1 Å². The van der Waals surface area contributed by atoms with Crippen LogP contribution in [-0.4, -0.2) is 21.4 Å². The largest absolute Gasteiger partial charge is 0.435 e. The lowest BCUT2D eigenvalue weighted by Gasteiger charge is -2.26. The number of rotatable bonds is 4. The van der Waals surface area contributed by atoms with Crippen molar-refractivity contribution in [3.05, 3.63) is 62.6 Å². The highest BCUT2D eigenvalue weighted by Crippen LogP contribution is 2.43. The molecule has 1 aliphatic rings. The molecule has 9 heteroatoms. The predicted molar refractivity (Wildman–Crippen MR) is 107 cm³/mol. The van der Waals surface area contributed by atoms with Crippen molar-refractivity contribution in [2.75, 3.05) is 6.54 Å². The van der Waals surface area contributed by atoms with E-state index in [4.69, 9.17) is 0 Å². The lowest BCUT2D eigenvalue weighted by Crippen LogP contribution is -2.28. The van der Waals surface area contributed by atoms with Gasteiger partial charge in [-0.1, -0.05) is 12.1 Å². The predicted octanol–water partition coefficient (Wildman–Crippen LogP) is 4.25. The summed E-state index contributed by atoms with van der Waals surface area (Å²) < 4.78 is 42.5. The molecule has 0 saturated heterocycles. The molecule has 1 aliphatic heterocycles. The number of alkyl halides is 3. The Morgan fingerprint density at radius 3 is 2.77 bits per heavy atom. The molecule has 5 nitrogen and oxygen atoms in total. The van der Waals surface area contributed by atoms with Gasteiger partial charge in [-0.25, -0.2) is 0 Å².